The molecule has 0 unspecified atom stereocenters. The van der Waals surface area contributed by atoms with Crippen molar-refractivity contribution in [2.24, 2.45) is 0 Å². The van der Waals surface area contributed by atoms with Crippen molar-refractivity contribution in [3.63, 3.8) is 0 Å². The van der Waals surface area contributed by atoms with E-state index in [4.69, 9.17) is 4.74 Å². The molecule has 6 nitrogen and oxygen atoms in total. The van der Waals surface area contributed by atoms with Gasteiger partial charge in [-0.2, -0.15) is 0 Å². The normalized spacial score (nSPS) is 15.6. The number of carbonyl (C=O) groups excluding carboxylic acids is 2. The van der Waals surface area contributed by atoms with E-state index in [1.807, 2.05) is 39.6 Å². The van der Waals surface area contributed by atoms with Crippen LogP contribution in [-0.4, -0.2) is 61.9 Å². The molecule has 1 aromatic heterocycles. The van der Waals surface area contributed by atoms with Crippen molar-refractivity contribution < 1.29 is 14.3 Å². The summed E-state index contributed by atoms with van der Waals surface area (Å²) < 4.78 is 5.38. The average molecular weight is 303 g/mol. The molecule has 118 valence electrons. The number of hydrogen-bond acceptors (Lipinski definition) is 5. The van der Waals surface area contributed by atoms with E-state index >= 15 is 0 Å². The maximum absolute atomic E-state index is 12.0. The van der Waals surface area contributed by atoms with Crippen LogP contribution < -0.4 is 10.4 Å². The maximum atomic E-state index is 12.0. The number of pyridine rings is 1. The van der Waals surface area contributed by atoms with E-state index < -0.39 is 5.60 Å². The zero-order chi connectivity index (χ0) is 16.3. The summed E-state index contributed by atoms with van der Waals surface area (Å²) in [4.78, 5) is 31.3. The summed E-state index contributed by atoms with van der Waals surface area (Å²) in [6, 6.07) is 1.83. The third kappa shape index (κ3) is 3.99. The van der Waals surface area contributed by atoms with Crippen LogP contribution in [0.1, 0.15) is 31.1 Å². The van der Waals surface area contributed by atoms with Crippen LogP contribution in [0.3, 0.4) is 0 Å². The Kier molecular flexibility index (Phi) is 4.73. The quantitative estimate of drug-likeness (QED) is 0.577. The van der Waals surface area contributed by atoms with Crippen LogP contribution in [0.2, 0.25) is 0 Å². The minimum atomic E-state index is -0.489. The number of carbonyl (C=O) groups is 2. The van der Waals surface area contributed by atoms with Gasteiger partial charge in [-0.1, -0.05) is 11.5 Å². The number of amides is 1. The molecule has 2 rings (SSSR count). The van der Waals surface area contributed by atoms with E-state index in [-0.39, 0.29) is 6.09 Å². The standard InChI is InChI=1S/C15H22BN3O3/c1-15(2,3)22-14(21)19-6-4-18(5-7-19)13-11(10-20)8-12(16)9-17-13/h8-10H,4-7,16H2,1-3H3. The molecule has 1 aliphatic rings. The highest BCUT2D eigenvalue weighted by Gasteiger charge is 2.27. The van der Waals surface area contributed by atoms with Crippen molar-refractivity contribution in [1.82, 2.24) is 9.88 Å². The molecule has 1 aliphatic heterocycles. The Bertz CT molecular complexity index is 564. The molecule has 0 spiro atoms. The summed E-state index contributed by atoms with van der Waals surface area (Å²) in [5.41, 5.74) is 1.06. The van der Waals surface area contributed by atoms with Gasteiger partial charge in [-0.05, 0) is 20.8 Å². The van der Waals surface area contributed by atoms with Gasteiger partial charge >= 0.3 is 6.09 Å². The smallest absolute Gasteiger partial charge is 0.410 e. The summed E-state index contributed by atoms with van der Waals surface area (Å²) in [6.07, 6.45) is 2.29. The number of rotatable bonds is 2. The molecule has 0 N–H and O–H groups in total. The molecule has 2 heterocycles. The van der Waals surface area contributed by atoms with Gasteiger partial charge in [0.15, 0.2) is 6.29 Å². The second-order valence-corrected chi connectivity index (χ2v) is 6.50. The highest BCUT2D eigenvalue weighted by Crippen LogP contribution is 2.18. The number of aromatic nitrogens is 1. The van der Waals surface area contributed by atoms with E-state index in [2.05, 4.69) is 4.98 Å². The molecule has 22 heavy (non-hydrogen) atoms. The van der Waals surface area contributed by atoms with Gasteiger partial charge in [-0.25, -0.2) is 9.78 Å². The Labute approximate surface area is 131 Å². The number of anilines is 1. The fourth-order valence-electron chi connectivity index (χ4n) is 2.36. The van der Waals surface area contributed by atoms with Crippen molar-refractivity contribution in [2.45, 2.75) is 26.4 Å². The molecule has 0 aliphatic carbocycles. The van der Waals surface area contributed by atoms with Gasteiger partial charge in [0.1, 0.15) is 19.3 Å². The van der Waals surface area contributed by atoms with E-state index in [1.54, 1.807) is 11.1 Å². The zero-order valence-corrected chi connectivity index (χ0v) is 13.6. The minimum Gasteiger partial charge on any atom is -0.444 e. The first-order chi connectivity index (χ1) is 10.3. The van der Waals surface area contributed by atoms with Crippen LogP contribution in [0, 0.1) is 0 Å². The summed E-state index contributed by atoms with van der Waals surface area (Å²) in [5.74, 6) is 0.685. The van der Waals surface area contributed by atoms with Crippen LogP contribution in [0.15, 0.2) is 12.3 Å². The van der Waals surface area contributed by atoms with Crippen LogP contribution in [0.4, 0.5) is 10.6 Å². The van der Waals surface area contributed by atoms with Crippen molar-refractivity contribution in [3.8, 4) is 0 Å². The monoisotopic (exact) mass is 303 g/mol. The van der Waals surface area contributed by atoms with Gasteiger partial charge in [0.05, 0.1) is 5.56 Å². The molecular weight excluding hydrogens is 281 g/mol. The second-order valence-electron chi connectivity index (χ2n) is 6.50. The molecule has 0 aromatic carbocycles. The number of ether oxygens (including phenoxy) is 1. The van der Waals surface area contributed by atoms with Gasteiger partial charge < -0.3 is 14.5 Å². The third-order valence-electron chi connectivity index (χ3n) is 3.39. The van der Waals surface area contributed by atoms with E-state index in [9.17, 15) is 9.59 Å². The second kappa shape index (κ2) is 6.38. The first-order valence-corrected chi connectivity index (χ1v) is 7.45. The first-order valence-electron chi connectivity index (χ1n) is 7.45. The van der Waals surface area contributed by atoms with Crippen LogP contribution in [0.5, 0.6) is 0 Å². The highest BCUT2D eigenvalue weighted by molar-refractivity contribution is 6.32. The zero-order valence-electron chi connectivity index (χ0n) is 13.6. The fraction of sp³-hybridized carbons (Fsp3) is 0.533. The molecule has 1 saturated heterocycles. The fourth-order valence-corrected chi connectivity index (χ4v) is 2.36. The van der Waals surface area contributed by atoms with Gasteiger partial charge in [-0.3, -0.25) is 4.79 Å². The lowest BCUT2D eigenvalue weighted by Gasteiger charge is -2.36. The van der Waals surface area contributed by atoms with E-state index in [1.165, 1.54) is 0 Å². The van der Waals surface area contributed by atoms with Gasteiger partial charge in [-0.15, -0.1) is 0 Å². The number of aldehydes is 1. The molecule has 0 atom stereocenters. The SMILES string of the molecule is Bc1cnc(N2CCN(C(=O)OC(C)(C)C)CC2)c(C=O)c1. The van der Waals surface area contributed by atoms with Crippen molar-refractivity contribution >= 4 is 31.5 Å². The molecule has 0 radical (unpaired) electrons. The Hall–Kier alpha value is -2.05. The lowest BCUT2D eigenvalue weighted by Crippen LogP contribution is -2.50. The van der Waals surface area contributed by atoms with Crippen LogP contribution in [-0.2, 0) is 4.74 Å². The van der Waals surface area contributed by atoms with Crippen molar-refractivity contribution in [1.29, 1.82) is 0 Å². The summed E-state index contributed by atoms with van der Waals surface area (Å²) in [6.45, 7) is 7.95. The van der Waals surface area contributed by atoms with Crippen LogP contribution in [0.25, 0.3) is 0 Å². The molecule has 7 heteroatoms. The number of piperazine rings is 1. The molecule has 1 amide bonds. The maximum Gasteiger partial charge on any atom is 0.410 e. The van der Waals surface area contributed by atoms with Crippen LogP contribution >= 0.6 is 0 Å². The number of hydrogen-bond donors (Lipinski definition) is 0. The topological polar surface area (TPSA) is 62.7 Å². The lowest BCUT2D eigenvalue weighted by atomic mass is 9.97. The molecule has 1 fully saturated rings. The molecule has 0 saturated carbocycles. The van der Waals surface area contributed by atoms with Gasteiger partial charge in [0.2, 0.25) is 0 Å². The van der Waals surface area contributed by atoms with Crippen molar-refractivity contribution in [2.75, 3.05) is 31.1 Å². The van der Waals surface area contributed by atoms with Gasteiger partial charge in [0, 0.05) is 32.4 Å². The van der Waals surface area contributed by atoms with E-state index in [0.29, 0.717) is 37.6 Å². The predicted octanol–water partition coefficient (Wildman–Crippen LogP) is 0.210. The Morgan fingerprint density at radius 2 is 1.95 bits per heavy atom. The minimum absolute atomic E-state index is 0.292. The number of nitrogens with zero attached hydrogens (tertiary/aromatic N) is 3. The molecular formula is C15H22BN3O3. The highest BCUT2D eigenvalue weighted by atomic mass is 16.6. The van der Waals surface area contributed by atoms with Crippen molar-refractivity contribution in [3.05, 3.63) is 17.8 Å². The Morgan fingerprint density at radius 3 is 2.50 bits per heavy atom. The predicted molar refractivity (Wildman–Crippen MR) is 87.8 cm³/mol. The summed E-state index contributed by atoms with van der Waals surface area (Å²) in [5, 5.41) is 0. The summed E-state index contributed by atoms with van der Waals surface area (Å²) >= 11 is 0. The van der Waals surface area contributed by atoms with Gasteiger partial charge in [0.25, 0.3) is 0 Å². The van der Waals surface area contributed by atoms with E-state index in [0.717, 1.165) is 11.7 Å². The Balaban J connectivity index is 2.01. The summed E-state index contributed by atoms with van der Waals surface area (Å²) in [7, 11) is 1.91. The lowest BCUT2D eigenvalue weighted by molar-refractivity contribution is 0.0240. The largest absolute Gasteiger partial charge is 0.444 e. The average Bonchev–Trinajstić information content (AvgIpc) is 2.45. The third-order valence-corrected chi connectivity index (χ3v) is 3.39. The Morgan fingerprint density at radius 1 is 1.32 bits per heavy atom. The first kappa shape index (κ1) is 16.3. The molecule has 1 aromatic rings. The molecule has 0 bridgehead atoms.